The molecule has 0 bridgehead atoms. The predicted molar refractivity (Wildman–Crippen MR) is 220 cm³/mol. The Hall–Kier alpha value is -1.25. The van der Waals surface area contributed by atoms with Crippen LogP contribution in [0.1, 0.15) is 219 Å². The van der Waals surface area contributed by atoms with Crippen molar-refractivity contribution in [2.75, 3.05) is 26.4 Å². The van der Waals surface area contributed by atoms with Gasteiger partial charge in [-0.1, -0.05) is 180 Å². The molecule has 0 spiro atoms. The second-order valence-electron chi connectivity index (χ2n) is 14.9. The summed E-state index contributed by atoms with van der Waals surface area (Å²) in [6.07, 6.45) is 41.7. The highest BCUT2D eigenvalue weighted by Crippen LogP contribution is 2.43. The van der Waals surface area contributed by atoms with Crippen molar-refractivity contribution in [1.82, 2.24) is 0 Å². The number of rotatable bonds is 42. The maximum absolute atomic E-state index is 12.5. The van der Waals surface area contributed by atoms with Crippen LogP contribution in [0.4, 0.5) is 0 Å². The van der Waals surface area contributed by atoms with Crippen LogP contribution < -0.4 is 5.73 Å². The number of phosphoric ester groups is 1. The molecule has 0 aromatic rings. The largest absolute Gasteiger partial charge is 0.472 e. The van der Waals surface area contributed by atoms with Gasteiger partial charge in [-0.2, -0.15) is 0 Å². The third-order valence-electron chi connectivity index (χ3n) is 9.65. The third-order valence-corrected chi connectivity index (χ3v) is 10.6. The monoisotopic (exact) mass is 774 g/mol. The van der Waals surface area contributed by atoms with Gasteiger partial charge in [0, 0.05) is 19.4 Å². The lowest BCUT2D eigenvalue weighted by molar-refractivity contribution is -0.161. The fourth-order valence-corrected chi connectivity index (χ4v) is 7.10. The summed E-state index contributed by atoms with van der Waals surface area (Å²) >= 11 is 0. The molecule has 0 amide bonds. The minimum absolute atomic E-state index is 0.0561. The molecule has 2 unspecified atom stereocenters. The highest BCUT2D eigenvalue weighted by molar-refractivity contribution is 7.47. The van der Waals surface area contributed by atoms with Gasteiger partial charge in [0.05, 0.1) is 13.2 Å². The molecule has 0 fully saturated rings. The topological polar surface area (TPSA) is 134 Å². The summed E-state index contributed by atoms with van der Waals surface area (Å²) in [4.78, 5) is 34.5. The lowest BCUT2D eigenvalue weighted by Crippen LogP contribution is -2.29. The van der Waals surface area contributed by atoms with E-state index in [9.17, 15) is 19.0 Å². The number of phosphoric acid groups is 1. The molecular weight excluding hydrogens is 689 g/mol. The van der Waals surface area contributed by atoms with Crippen molar-refractivity contribution in [3.8, 4) is 0 Å². The number of nitrogens with two attached hydrogens (primary N) is 1. The zero-order valence-corrected chi connectivity index (χ0v) is 35.4. The van der Waals surface area contributed by atoms with Gasteiger partial charge >= 0.3 is 19.8 Å². The van der Waals surface area contributed by atoms with Crippen LogP contribution in [0.25, 0.3) is 0 Å². The number of hydrogen-bond acceptors (Lipinski definition) is 8. The van der Waals surface area contributed by atoms with Crippen molar-refractivity contribution in [3.05, 3.63) is 12.2 Å². The van der Waals surface area contributed by atoms with Crippen molar-refractivity contribution in [2.24, 2.45) is 5.73 Å². The molecule has 0 rings (SSSR count). The number of unbranched alkanes of at least 4 members (excludes halogenated alkanes) is 27. The summed E-state index contributed by atoms with van der Waals surface area (Å²) in [7, 11) is -4.36. The normalized spacial score (nSPS) is 13.4. The third kappa shape index (κ3) is 40.2. The van der Waals surface area contributed by atoms with Gasteiger partial charge in [0.2, 0.25) is 0 Å². The molecule has 9 nitrogen and oxygen atoms in total. The zero-order valence-electron chi connectivity index (χ0n) is 34.5. The Balaban J connectivity index is 3.81. The number of allylic oxidation sites excluding steroid dienone is 2. The molecule has 0 aromatic carbocycles. The van der Waals surface area contributed by atoms with Crippen LogP contribution in [0.3, 0.4) is 0 Å². The first-order valence-corrected chi connectivity index (χ1v) is 23.7. The summed E-state index contributed by atoms with van der Waals surface area (Å²) in [5, 5.41) is 0. The van der Waals surface area contributed by atoms with Gasteiger partial charge < -0.3 is 20.1 Å². The maximum atomic E-state index is 12.5. The van der Waals surface area contributed by atoms with E-state index >= 15 is 0 Å². The van der Waals surface area contributed by atoms with Crippen molar-refractivity contribution >= 4 is 19.8 Å². The van der Waals surface area contributed by atoms with Crippen LogP contribution in [0.2, 0.25) is 0 Å². The highest BCUT2D eigenvalue weighted by Gasteiger charge is 2.26. The van der Waals surface area contributed by atoms with Gasteiger partial charge in [0.25, 0.3) is 0 Å². The smallest absolute Gasteiger partial charge is 0.462 e. The summed E-state index contributed by atoms with van der Waals surface area (Å²) < 4.78 is 32.5. The van der Waals surface area contributed by atoms with Gasteiger partial charge in [-0.15, -0.1) is 0 Å². The molecule has 0 aliphatic carbocycles. The van der Waals surface area contributed by atoms with E-state index in [1.807, 2.05) is 0 Å². The molecule has 0 aromatic heterocycles. The van der Waals surface area contributed by atoms with Gasteiger partial charge in [0.15, 0.2) is 6.10 Å². The van der Waals surface area contributed by atoms with E-state index in [0.29, 0.717) is 6.42 Å². The zero-order chi connectivity index (χ0) is 38.9. The van der Waals surface area contributed by atoms with Gasteiger partial charge in [0.1, 0.15) is 6.61 Å². The molecule has 0 aliphatic rings. The van der Waals surface area contributed by atoms with Crippen LogP contribution in [0.15, 0.2) is 12.2 Å². The molecule has 10 heteroatoms. The Morgan fingerprint density at radius 1 is 0.547 bits per heavy atom. The van der Waals surface area contributed by atoms with E-state index < -0.39 is 32.5 Å². The van der Waals surface area contributed by atoms with Crippen molar-refractivity contribution < 1.29 is 37.6 Å². The summed E-state index contributed by atoms with van der Waals surface area (Å²) in [5.41, 5.74) is 5.32. The van der Waals surface area contributed by atoms with Crippen LogP contribution in [0, 0.1) is 0 Å². The van der Waals surface area contributed by atoms with Gasteiger partial charge in [-0.25, -0.2) is 4.57 Å². The molecule has 53 heavy (non-hydrogen) atoms. The Kier molecular flexibility index (Phi) is 39.5. The molecule has 3 N–H and O–H groups in total. The lowest BCUT2D eigenvalue weighted by atomic mass is 10.0. The van der Waals surface area contributed by atoms with Crippen LogP contribution in [-0.2, 0) is 32.7 Å². The number of esters is 2. The maximum Gasteiger partial charge on any atom is 0.472 e. The van der Waals surface area contributed by atoms with E-state index in [2.05, 4.69) is 26.0 Å². The van der Waals surface area contributed by atoms with Gasteiger partial charge in [-0.05, 0) is 38.5 Å². The molecule has 314 valence electrons. The Morgan fingerprint density at radius 3 is 1.34 bits per heavy atom. The van der Waals surface area contributed by atoms with E-state index in [-0.39, 0.29) is 32.6 Å². The lowest BCUT2D eigenvalue weighted by Gasteiger charge is -2.19. The summed E-state index contributed by atoms with van der Waals surface area (Å²) in [6.45, 7) is 3.65. The number of hydrogen-bond donors (Lipinski definition) is 2. The summed E-state index contributed by atoms with van der Waals surface area (Å²) in [6, 6.07) is 0. The molecule has 0 heterocycles. The van der Waals surface area contributed by atoms with Crippen molar-refractivity contribution in [1.29, 1.82) is 0 Å². The van der Waals surface area contributed by atoms with Gasteiger partial charge in [-0.3, -0.25) is 18.6 Å². The van der Waals surface area contributed by atoms with E-state index in [1.165, 1.54) is 141 Å². The first-order valence-electron chi connectivity index (χ1n) is 22.2. The average molecular weight is 774 g/mol. The Labute approximate surface area is 326 Å². The fraction of sp³-hybridized carbons (Fsp3) is 0.907. The Morgan fingerprint density at radius 2 is 0.925 bits per heavy atom. The van der Waals surface area contributed by atoms with Crippen molar-refractivity contribution in [2.45, 2.75) is 225 Å². The molecule has 0 saturated carbocycles. The SMILES string of the molecule is CCCCCCCCCC/C=C\CCCCCCCCCCCCCCCCCC(=O)OC(COC(=O)CCCCCCC)COP(=O)(O)OCCN. The van der Waals surface area contributed by atoms with E-state index in [4.69, 9.17) is 24.3 Å². The highest BCUT2D eigenvalue weighted by atomic mass is 31.2. The van der Waals surface area contributed by atoms with E-state index in [0.717, 1.165) is 44.9 Å². The molecule has 0 aliphatic heterocycles. The fourth-order valence-electron chi connectivity index (χ4n) is 6.34. The molecule has 2 atom stereocenters. The first kappa shape index (κ1) is 51.8. The second kappa shape index (κ2) is 40.4. The number of carbonyl (C=O) groups excluding carboxylic acids is 2. The number of ether oxygens (including phenoxy) is 2. The molecular formula is C43H84NO8P. The van der Waals surface area contributed by atoms with Crippen molar-refractivity contribution in [3.63, 3.8) is 0 Å². The quantitative estimate of drug-likeness (QED) is 0.0269. The van der Waals surface area contributed by atoms with Crippen LogP contribution >= 0.6 is 7.82 Å². The second-order valence-corrected chi connectivity index (χ2v) is 16.4. The minimum atomic E-state index is -4.36. The first-order chi connectivity index (χ1) is 25.8. The predicted octanol–water partition coefficient (Wildman–Crippen LogP) is 12.6. The standard InChI is InChI=1S/C43H84NO8P/c1-3-5-7-9-10-11-12-13-14-15-16-17-18-19-20-21-22-23-24-25-26-27-28-29-30-32-34-36-43(46)52-41(40-51-53(47,48)50-38-37-44)39-49-42(45)35-33-31-8-6-4-2/h15-16,41H,3-14,17-40,44H2,1-2H3,(H,47,48)/b16-15-. The van der Waals surface area contributed by atoms with Crippen LogP contribution in [-0.4, -0.2) is 49.3 Å². The summed E-state index contributed by atoms with van der Waals surface area (Å²) in [5.74, 6) is -0.834. The van der Waals surface area contributed by atoms with E-state index in [1.54, 1.807) is 0 Å². The molecule has 0 radical (unpaired) electrons. The molecule has 0 saturated heterocycles. The van der Waals surface area contributed by atoms with Crippen LogP contribution in [0.5, 0.6) is 0 Å². The Bertz CT molecular complexity index is 886. The number of carbonyl (C=O) groups is 2. The average Bonchev–Trinajstić information content (AvgIpc) is 3.14. The minimum Gasteiger partial charge on any atom is -0.462 e.